The monoisotopic (exact) mass is 532 g/mol. The fraction of sp³-hybridized carbons (Fsp3) is 0.128. The highest BCUT2D eigenvalue weighted by atomic mass is 16.3. The van der Waals surface area contributed by atoms with Gasteiger partial charge < -0.3 is 10.2 Å². The second kappa shape index (κ2) is 9.85. The molecule has 0 unspecified atom stereocenters. The van der Waals surface area contributed by atoms with E-state index < -0.39 is 11.2 Å². The Hall–Kier alpha value is -4.50. The van der Waals surface area contributed by atoms with Crippen LogP contribution in [0.25, 0.3) is 34.4 Å². The van der Waals surface area contributed by atoms with Crippen molar-refractivity contribution >= 4 is 12.2 Å². The quantitative estimate of drug-likeness (QED) is 0.230. The molecule has 5 aromatic carbocycles. The van der Waals surface area contributed by atoms with Gasteiger partial charge in [0.25, 0.3) is 0 Å². The normalized spacial score (nSPS) is 15.6. The maximum absolute atomic E-state index is 12.1. The molecule has 2 aliphatic carbocycles. The van der Waals surface area contributed by atoms with Gasteiger partial charge in [-0.25, -0.2) is 0 Å². The minimum Gasteiger partial charge on any atom is -0.380 e. The number of rotatable bonds is 6. The molecule has 0 fully saturated rings. The minimum absolute atomic E-state index is 0.478. The average Bonchev–Trinajstić information content (AvgIpc) is 3.41. The summed E-state index contributed by atoms with van der Waals surface area (Å²) in [6.45, 7) is 2.02. The van der Waals surface area contributed by atoms with Crippen molar-refractivity contribution in [3.63, 3.8) is 0 Å². The van der Waals surface area contributed by atoms with Crippen molar-refractivity contribution in [1.82, 2.24) is 0 Å². The van der Waals surface area contributed by atoms with Crippen molar-refractivity contribution < 1.29 is 10.2 Å². The molecule has 0 aliphatic heterocycles. The van der Waals surface area contributed by atoms with Gasteiger partial charge in [0.15, 0.2) is 0 Å². The third kappa shape index (κ3) is 4.02. The Balaban J connectivity index is 1.20. The van der Waals surface area contributed by atoms with Crippen LogP contribution in [-0.4, -0.2) is 10.2 Å². The van der Waals surface area contributed by atoms with Crippen LogP contribution >= 0.6 is 0 Å². The first kappa shape index (κ1) is 25.5. The Morgan fingerprint density at radius 3 is 1.49 bits per heavy atom. The smallest absolute Gasteiger partial charge is 0.120 e. The molecule has 200 valence electrons. The van der Waals surface area contributed by atoms with Crippen molar-refractivity contribution in [2.75, 3.05) is 0 Å². The molecule has 0 saturated carbocycles. The fourth-order valence-corrected chi connectivity index (χ4v) is 6.88. The number of aliphatic hydroxyl groups is 2. The fourth-order valence-electron chi connectivity index (χ4n) is 6.88. The first-order chi connectivity index (χ1) is 20.0. The molecule has 0 bridgehead atoms. The molecule has 2 aliphatic rings. The van der Waals surface area contributed by atoms with Gasteiger partial charge in [-0.3, -0.25) is 0 Å². The molecule has 0 saturated heterocycles. The zero-order chi connectivity index (χ0) is 28.0. The zero-order valence-electron chi connectivity index (χ0n) is 23.1. The van der Waals surface area contributed by atoms with Gasteiger partial charge in [-0.15, -0.1) is 0 Å². The van der Waals surface area contributed by atoms with Gasteiger partial charge in [-0.05, 0) is 68.1 Å². The number of hydrogen-bond donors (Lipinski definition) is 2. The SMILES string of the molecule is C/C=C\c1cc(CC2(O)c3ccccc3-c3ccccc32)ccc1/C=C\CC1(O)c2ccccc2-c2ccccc21. The molecule has 7 rings (SSSR count). The number of benzene rings is 5. The van der Waals surface area contributed by atoms with E-state index in [0.717, 1.165) is 61.2 Å². The number of hydrogen-bond acceptors (Lipinski definition) is 2. The van der Waals surface area contributed by atoms with Gasteiger partial charge in [-0.1, -0.05) is 140 Å². The Morgan fingerprint density at radius 1 is 0.537 bits per heavy atom. The Labute approximate surface area is 241 Å². The highest BCUT2D eigenvalue weighted by molar-refractivity contribution is 5.81. The molecule has 5 aromatic rings. The standard InChI is InChI=1S/C39H32O2/c1-2-12-29-25-27(26-39(41)36-20-9-5-16-32(36)33-17-6-10-21-37(33)39)22-23-28(29)13-11-24-38(40)34-18-7-3-14-30(34)31-15-4-8-19-35(31)38/h2-23,25,40-41H,24,26H2,1H3/b12-2-,13-11-. The summed E-state index contributed by atoms with van der Waals surface area (Å²) in [5, 5.41) is 24.1. The van der Waals surface area contributed by atoms with E-state index in [1.54, 1.807) is 0 Å². The second-order valence-corrected chi connectivity index (χ2v) is 11.1. The summed E-state index contributed by atoms with van der Waals surface area (Å²) in [7, 11) is 0. The van der Waals surface area contributed by atoms with Gasteiger partial charge in [-0.2, -0.15) is 0 Å². The summed E-state index contributed by atoms with van der Waals surface area (Å²) in [5.41, 5.74) is 9.35. The van der Waals surface area contributed by atoms with Crippen molar-refractivity contribution in [2.24, 2.45) is 0 Å². The predicted molar refractivity (Wildman–Crippen MR) is 168 cm³/mol. The highest BCUT2D eigenvalue weighted by Crippen LogP contribution is 2.50. The van der Waals surface area contributed by atoms with Gasteiger partial charge in [0.2, 0.25) is 0 Å². The van der Waals surface area contributed by atoms with Gasteiger partial charge in [0.1, 0.15) is 11.2 Å². The lowest BCUT2D eigenvalue weighted by Gasteiger charge is -2.26. The van der Waals surface area contributed by atoms with Gasteiger partial charge >= 0.3 is 0 Å². The number of allylic oxidation sites excluding steroid dienone is 1. The molecule has 0 heterocycles. The first-order valence-electron chi connectivity index (χ1n) is 14.3. The van der Waals surface area contributed by atoms with E-state index in [-0.39, 0.29) is 0 Å². The second-order valence-electron chi connectivity index (χ2n) is 11.1. The summed E-state index contributed by atoms with van der Waals surface area (Å²) in [5.74, 6) is 0. The van der Waals surface area contributed by atoms with Crippen LogP contribution in [0.3, 0.4) is 0 Å². The van der Waals surface area contributed by atoms with Crippen molar-refractivity contribution in [3.8, 4) is 22.3 Å². The first-order valence-corrected chi connectivity index (χ1v) is 14.3. The maximum atomic E-state index is 12.1. The van der Waals surface area contributed by atoms with Crippen LogP contribution in [0.2, 0.25) is 0 Å². The Morgan fingerprint density at radius 2 is 1.00 bits per heavy atom. The van der Waals surface area contributed by atoms with E-state index in [1.165, 1.54) is 0 Å². The van der Waals surface area contributed by atoms with E-state index in [9.17, 15) is 10.2 Å². The highest BCUT2D eigenvalue weighted by Gasteiger charge is 2.42. The molecule has 2 nitrogen and oxygen atoms in total. The minimum atomic E-state index is -1.08. The molecule has 0 aromatic heterocycles. The van der Waals surface area contributed by atoms with Crippen molar-refractivity contribution in [3.05, 3.63) is 166 Å². The van der Waals surface area contributed by atoms with Crippen LogP contribution in [0.5, 0.6) is 0 Å². The van der Waals surface area contributed by atoms with Crippen LogP contribution in [0, 0.1) is 0 Å². The van der Waals surface area contributed by atoms with Crippen molar-refractivity contribution in [2.45, 2.75) is 31.0 Å². The maximum Gasteiger partial charge on any atom is 0.120 e. The molecule has 2 heteroatoms. The predicted octanol–water partition coefficient (Wildman–Crippen LogP) is 8.50. The van der Waals surface area contributed by atoms with Crippen molar-refractivity contribution in [1.29, 1.82) is 0 Å². The van der Waals surface area contributed by atoms with E-state index in [1.807, 2.05) is 85.8 Å². The van der Waals surface area contributed by atoms with E-state index >= 15 is 0 Å². The summed E-state index contributed by atoms with van der Waals surface area (Å²) in [6, 6.07) is 39.1. The van der Waals surface area contributed by atoms with Gasteiger partial charge in [0.05, 0.1) is 0 Å². The van der Waals surface area contributed by atoms with Crippen LogP contribution in [-0.2, 0) is 17.6 Å². The molecule has 2 N–H and O–H groups in total. The summed E-state index contributed by atoms with van der Waals surface area (Å²) in [6.07, 6.45) is 9.31. The van der Waals surface area contributed by atoms with Gasteiger partial charge in [0, 0.05) is 12.8 Å². The van der Waals surface area contributed by atoms with E-state index in [2.05, 4.69) is 60.7 Å². The summed E-state index contributed by atoms with van der Waals surface area (Å²) in [4.78, 5) is 0. The van der Waals surface area contributed by atoms with E-state index in [0.29, 0.717) is 12.8 Å². The zero-order valence-corrected chi connectivity index (χ0v) is 23.1. The third-order valence-electron chi connectivity index (χ3n) is 8.74. The largest absolute Gasteiger partial charge is 0.380 e. The lowest BCUT2D eigenvalue weighted by atomic mass is 9.84. The van der Waals surface area contributed by atoms with Crippen LogP contribution in [0.15, 0.2) is 127 Å². The molecular formula is C39H32O2. The summed E-state index contributed by atoms with van der Waals surface area (Å²) < 4.78 is 0. The lowest BCUT2D eigenvalue weighted by molar-refractivity contribution is 0.0860. The lowest BCUT2D eigenvalue weighted by Crippen LogP contribution is -2.27. The topological polar surface area (TPSA) is 40.5 Å². The summed E-state index contributed by atoms with van der Waals surface area (Å²) >= 11 is 0. The Bertz CT molecular complexity index is 1750. The molecule has 0 radical (unpaired) electrons. The average molecular weight is 533 g/mol. The van der Waals surface area contributed by atoms with Crippen LogP contribution < -0.4 is 0 Å². The number of fused-ring (bicyclic) bond motifs is 6. The van der Waals surface area contributed by atoms with Crippen LogP contribution in [0.1, 0.15) is 52.3 Å². The third-order valence-corrected chi connectivity index (χ3v) is 8.74. The Kier molecular flexibility index (Phi) is 6.12. The molecule has 0 amide bonds. The molecule has 0 atom stereocenters. The van der Waals surface area contributed by atoms with E-state index in [4.69, 9.17) is 0 Å². The molecular weight excluding hydrogens is 500 g/mol. The van der Waals surface area contributed by atoms with Crippen LogP contribution in [0.4, 0.5) is 0 Å². The molecule has 0 spiro atoms. The molecule has 41 heavy (non-hydrogen) atoms.